The fourth-order valence-electron chi connectivity index (χ4n) is 2.47. The number of methoxy groups -OCH3 is 1. The molecule has 0 spiro atoms. The number of carboxylic acid groups (broad SMARTS) is 1. The Morgan fingerprint density at radius 2 is 1.72 bits per heavy atom. The standard InChI is InChI=1S/C19H20INO4/c1-12(18(22)21-15-7-5-14(20)6-8-15)17(19(23)24)11-13-3-9-16(25-2)10-4-13/h3-10,12,17H,11H2,1-2H3,(H,21,22)(H,23,24)/t12-,17-/m1/s1. The molecular formula is C19H20INO4. The van der Waals surface area contributed by atoms with Gasteiger partial charge >= 0.3 is 5.97 Å². The van der Waals surface area contributed by atoms with Gasteiger partial charge in [0.05, 0.1) is 13.0 Å². The lowest BCUT2D eigenvalue weighted by Gasteiger charge is -2.20. The molecule has 0 saturated heterocycles. The molecule has 0 fully saturated rings. The molecule has 2 rings (SSSR count). The fraction of sp³-hybridized carbons (Fsp3) is 0.263. The number of hydrogen-bond acceptors (Lipinski definition) is 3. The molecule has 5 nitrogen and oxygen atoms in total. The van der Waals surface area contributed by atoms with Crippen molar-refractivity contribution in [2.45, 2.75) is 13.3 Å². The molecule has 0 aliphatic rings. The average molecular weight is 453 g/mol. The smallest absolute Gasteiger partial charge is 0.307 e. The van der Waals surface area contributed by atoms with Gasteiger partial charge in [0.15, 0.2) is 0 Å². The normalized spacial score (nSPS) is 12.9. The van der Waals surface area contributed by atoms with Gasteiger partial charge in [-0.2, -0.15) is 0 Å². The van der Waals surface area contributed by atoms with E-state index in [1.54, 1.807) is 38.3 Å². The number of carbonyl (C=O) groups is 2. The van der Waals surface area contributed by atoms with Crippen molar-refractivity contribution in [3.8, 4) is 5.75 Å². The molecule has 0 heterocycles. The third-order valence-corrected chi connectivity index (χ3v) is 4.78. The van der Waals surface area contributed by atoms with Crippen LogP contribution in [-0.2, 0) is 16.0 Å². The van der Waals surface area contributed by atoms with Crippen molar-refractivity contribution in [2.24, 2.45) is 11.8 Å². The second-order valence-electron chi connectivity index (χ2n) is 5.78. The minimum absolute atomic E-state index is 0.278. The second kappa shape index (κ2) is 8.84. The molecule has 6 heteroatoms. The summed E-state index contributed by atoms with van der Waals surface area (Å²) in [6.07, 6.45) is 0.278. The number of benzene rings is 2. The Kier molecular flexibility index (Phi) is 6.81. The van der Waals surface area contributed by atoms with E-state index < -0.39 is 17.8 Å². The second-order valence-corrected chi connectivity index (χ2v) is 7.03. The topological polar surface area (TPSA) is 75.6 Å². The number of ether oxygens (including phenoxy) is 1. The maximum Gasteiger partial charge on any atom is 0.307 e. The molecule has 0 aliphatic carbocycles. The summed E-state index contributed by atoms with van der Waals surface area (Å²) in [7, 11) is 1.58. The predicted octanol–water partition coefficient (Wildman–Crippen LogP) is 3.82. The van der Waals surface area contributed by atoms with Crippen molar-refractivity contribution < 1.29 is 19.4 Å². The highest BCUT2D eigenvalue weighted by molar-refractivity contribution is 14.1. The molecule has 2 N–H and O–H groups in total. The zero-order chi connectivity index (χ0) is 18.4. The fourth-order valence-corrected chi connectivity index (χ4v) is 2.83. The van der Waals surface area contributed by atoms with Gasteiger partial charge in [0.2, 0.25) is 5.91 Å². The van der Waals surface area contributed by atoms with Crippen LogP contribution in [0.5, 0.6) is 5.75 Å². The quantitative estimate of drug-likeness (QED) is 0.626. The molecule has 2 aromatic carbocycles. The van der Waals surface area contributed by atoms with Crippen LogP contribution in [0.4, 0.5) is 5.69 Å². The van der Waals surface area contributed by atoms with Crippen molar-refractivity contribution in [3.63, 3.8) is 0 Å². The number of aliphatic carboxylic acids is 1. The molecule has 2 atom stereocenters. The van der Waals surface area contributed by atoms with Crippen molar-refractivity contribution in [1.82, 2.24) is 0 Å². The summed E-state index contributed by atoms with van der Waals surface area (Å²) in [5.41, 5.74) is 1.51. The van der Waals surface area contributed by atoms with Gasteiger partial charge in [0.25, 0.3) is 0 Å². The first-order chi connectivity index (χ1) is 11.9. The van der Waals surface area contributed by atoms with Gasteiger partial charge in [0, 0.05) is 15.2 Å². The Bertz CT molecular complexity index is 728. The number of amides is 1. The van der Waals surface area contributed by atoms with Gasteiger partial charge in [-0.15, -0.1) is 0 Å². The minimum atomic E-state index is -0.985. The van der Waals surface area contributed by atoms with E-state index in [0.29, 0.717) is 11.4 Å². The largest absolute Gasteiger partial charge is 0.497 e. The van der Waals surface area contributed by atoms with Gasteiger partial charge < -0.3 is 15.2 Å². The molecule has 0 radical (unpaired) electrons. The summed E-state index contributed by atoms with van der Waals surface area (Å²) in [5.74, 6) is -2.06. The Morgan fingerprint density at radius 3 is 2.24 bits per heavy atom. The summed E-state index contributed by atoms with van der Waals surface area (Å²) >= 11 is 2.18. The van der Waals surface area contributed by atoms with E-state index in [-0.39, 0.29) is 12.3 Å². The number of nitrogens with one attached hydrogen (secondary N) is 1. The highest BCUT2D eigenvalue weighted by atomic mass is 127. The Labute approximate surface area is 160 Å². The van der Waals surface area contributed by atoms with Gasteiger partial charge in [-0.25, -0.2) is 0 Å². The first-order valence-electron chi connectivity index (χ1n) is 7.83. The van der Waals surface area contributed by atoms with Gasteiger partial charge in [0.1, 0.15) is 5.75 Å². The summed E-state index contributed by atoms with van der Waals surface area (Å²) in [6.45, 7) is 1.64. The summed E-state index contributed by atoms with van der Waals surface area (Å²) in [6, 6.07) is 14.6. The number of halogens is 1. The maximum absolute atomic E-state index is 12.4. The number of hydrogen-bond donors (Lipinski definition) is 2. The molecule has 0 unspecified atom stereocenters. The molecule has 132 valence electrons. The Morgan fingerprint density at radius 1 is 1.12 bits per heavy atom. The predicted molar refractivity (Wildman–Crippen MR) is 105 cm³/mol. The molecular weight excluding hydrogens is 433 g/mol. The number of carboxylic acids is 1. The minimum Gasteiger partial charge on any atom is -0.497 e. The van der Waals surface area contributed by atoms with Crippen molar-refractivity contribution >= 4 is 40.2 Å². The zero-order valence-electron chi connectivity index (χ0n) is 14.0. The van der Waals surface area contributed by atoms with E-state index in [9.17, 15) is 14.7 Å². The van der Waals surface area contributed by atoms with Crippen LogP contribution in [-0.4, -0.2) is 24.1 Å². The zero-order valence-corrected chi connectivity index (χ0v) is 16.2. The summed E-state index contributed by atoms with van der Waals surface area (Å²) < 4.78 is 6.16. The Balaban J connectivity index is 2.07. The van der Waals surface area contributed by atoms with Crippen molar-refractivity contribution in [2.75, 3.05) is 12.4 Å². The third kappa shape index (κ3) is 5.45. The van der Waals surface area contributed by atoms with Crippen LogP contribution >= 0.6 is 22.6 Å². The number of rotatable bonds is 7. The van der Waals surface area contributed by atoms with E-state index in [1.165, 1.54) is 0 Å². The third-order valence-electron chi connectivity index (χ3n) is 4.06. The monoisotopic (exact) mass is 453 g/mol. The van der Waals surface area contributed by atoms with Crippen LogP contribution in [0.1, 0.15) is 12.5 Å². The summed E-state index contributed by atoms with van der Waals surface area (Å²) in [5, 5.41) is 12.3. The van der Waals surface area contributed by atoms with Crippen LogP contribution in [0.25, 0.3) is 0 Å². The van der Waals surface area contributed by atoms with Crippen molar-refractivity contribution in [3.05, 3.63) is 57.7 Å². The first kappa shape index (κ1) is 19.2. The van der Waals surface area contributed by atoms with E-state index in [4.69, 9.17) is 4.74 Å². The molecule has 0 aliphatic heterocycles. The Hall–Kier alpha value is -2.09. The maximum atomic E-state index is 12.4. The van der Waals surface area contributed by atoms with Gasteiger partial charge in [-0.3, -0.25) is 9.59 Å². The van der Waals surface area contributed by atoms with E-state index in [2.05, 4.69) is 27.9 Å². The molecule has 0 aromatic heterocycles. The number of carbonyl (C=O) groups excluding carboxylic acids is 1. The van der Waals surface area contributed by atoms with E-state index >= 15 is 0 Å². The molecule has 25 heavy (non-hydrogen) atoms. The molecule has 0 bridgehead atoms. The highest BCUT2D eigenvalue weighted by Gasteiger charge is 2.30. The van der Waals surface area contributed by atoms with Gasteiger partial charge in [-0.1, -0.05) is 19.1 Å². The summed E-state index contributed by atoms with van der Waals surface area (Å²) in [4.78, 5) is 24.1. The van der Waals surface area contributed by atoms with Gasteiger partial charge in [-0.05, 0) is 71.0 Å². The molecule has 0 saturated carbocycles. The lowest BCUT2D eigenvalue weighted by Crippen LogP contribution is -2.33. The SMILES string of the molecule is COc1ccc(C[C@@H](C(=O)O)[C@@H](C)C(=O)Nc2ccc(I)cc2)cc1. The van der Waals surface area contributed by atoms with Crippen LogP contribution in [0.3, 0.4) is 0 Å². The van der Waals surface area contributed by atoms with Crippen LogP contribution in [0.2, 0.25) is 0 Å². The van der Waals surface area contributed by atoms with Crippen LogP contribution < -0.4 is 10.1 Å². The van der Waals surface area contributed by atoms with E-state index in [0.717, 1.165) is 9.13 Å². The number of anilines is 1. The first-order valence-corrected chi connectivity index (χ1v) is 8.90. The van der Waals surface area contributed by atoms with E-state index in [1.807, 2.05) is 24.3 Å². The molecule has 1 amide bonds. The van der Waals surface area contributed by atoms with Crippen LogP contribution in [0, 0.1) is 15.4 Å². The lowest BCUT2D eigenvalue weighted by atomic mass is 9.87. The average Bonchev–Trinajstić information content (AvgIpc) is 2.61. The van der Waals surface area contributed by atoms with Crippen molar-refractivity contribution in [1.29, 1.82) is 0 Å². The lowest BCUT2D eigenvalue weighted by molar-refractivity contribution is -0.145. The highest BCUT2D eigenvalue weighted by Crippen LogP contribution is 2.22. The van der Waals surface area contributed by atoms with Crippen LogP contribution in [0.15, 0.2) is 48.5 Å². The molecule has 2 aromatic rings.